The van der Waals surface area contributed by atoms with Gasteiger partial charge in [0.1, 0.15) is 5.82 Å². The third-order valence-corrected chi connectivity index (χ3v) is 4.13. The fourth-order valence-electron chi connectivity index (χ4n) is 2.69. The molecule has 2 unspecified atom stereocenters. The van der Waals surface area contributed by atoms with E-state index in [0.29, 0.717) is 25.5 Å². The van der Waals surface area contributed by atoms with Gasteiger partial charge in [-0.05, 0) is 12.3 Å². The first-order valence-corrected chi connectivity index (χ1v) is 7.88. The summed E-state index contributed by atoms with van der Waals surface area (Å²) in [5.41, 5.74) is 0.949. The highest BCUT2D eigenvalue weighted by atomic mass is 16.5. The van der Waals surface area contributed by atoms with Crippen LogP contribution in [0.2, 0.25) is 0 Å². The summed E-state index contributed by atoms with van der Waals surface area (Å²) in [5.74, 6) is 0.434. The molecule has 1 fully saturated rings. The average Bonchev–Trinajstić information content (AvgIpc) is 2.53. The van der Waals surface area contributed by atoms with Gasteiger partial charge in [0, 0.05) is 40.4 Å². The number of hydrogen-bond donors (Lipinski definition) is 1. The van der Waals surface area contributed by atoms with Gasteiger partial charge in [0.2, 0.25) is 5.95 Å². The maximum absolute atomic E-state index is 11.4. The van der Waals surface area contributed by atoms with Crippen LogP contribution >= 0.6 is 0 Å². The van der Waals surface area contributed by atoms with Crippen molar-refractivity contribution < 1.29 is 14.6 Å². The second kappa shape index (κ2) is 7.12. The van der Waals surface area contributed by atoms with Crippen molar-refractivity contribution in [1.82, 2.24) is 9.97 Å². The number of methoxy groups -OCH3 is 1. The molecule has 0 bridgehead atoms. The number of anilines is 2. The molecule has 1 aliphatic rings. The van der Waals surface area contributed by atoms with E-state index in [-0.39, 0.29) is 12.0 Å². The molecule has 0 amide bonds. The largest absolute Gasteiger partial charge is 0.481 e. The molecule has 0 radical (unpaired) electrons. The summed E-state index contributed by atoms with van der Waals surface area (Å²) in [5, 5.41) is 9.38. The lowest BCUT2D eigenvalue weighted by atomic mass is 9.96. The number of ether oxygens (including phenoxy) is 1. The molecule has 2 heterocycles. The number of carboxylic acids is 1. The van der Waals surface area contributed by atoms with Gasteiger partial charge in [0.05, 0.1) is 17.7 Å². The molecule has 23 heavy (non-hydrogen) atoms. The molecule has 1 N–H and O–H groups in total. The number of aromatic nitrogens is 2. The molecule has 1 aromatic rings. The highest BCUT2D eigenvalue weighted by molar-refractivity contribution is 5.71. The fourth-order valence-corrected chi connectivity index (χ4v) is 2.69. The Morgan fingerprint density at radius 3 is 2.61 bits per heavy atom. The van der Waals surface area contributed by atoms with Crippen molar-refractivity contribution in [3.8, 4) is 0 Å². The smallest absolute Gasteiger partial charge is 0.308 e. The molecule has 2 atom stereocenters. The molecular formula is C16H26N4O3. The normalized spacial score (nSPS) is 21.6. The average molecular weight is 322 g/mol. The summed E-state index contributed by atoms with van der Waals surface area (Å²) in [6.45, 7) is 5.25. The van der Waals surface area contributed by atoms with E-state index < -0.39 is 11.9 Å². The predicted molar refractivity (Wildman–Crippen MR) is 89.2 cm³/mol. The molecule has 0 aromatic carbocycles. The lowest BCUT2D eigenvalue weighted by Crippen LogP contribution is -2.46. The maximum atomic E-state index is 11.4. The van der Waals surface area contributed by atoms with Crippen LogP contribution in [-0.4, -0.2) is 61.4 Å². The highest BCUT2D eigenvalue weighted by Gasteiger charge is 2.32. The van der Waals surface area contributed by atoms with Crippen molar-refractivity contribution in [2.24, 2.45) is 5.92 Å². The first kappa shape index (κ1) is 17.5. The Labute approximate surface area is 137 Å². The van der Waals surface area contributed by atoms with Gasteiger partial charge in [0.25, 0.3) is 0 Å². The Morgan fingerprint density at radius 2 is 2.09 bits per heavy atom. The van der Waals surface area contributed by atoms with Crippen LogP contribution in [-0.2, 0) is 9.53 Å². The Balaban J connectivity index is 2.36. The molecule has 1 aliphatic heterocycles. The van der Waals surface area contributed by atoms with Crippen molar-refractivity contribution in [1.29, 1.82) is 0 Å². The van der Waals surface area contributed by atoms with Crippen LogP contribution in [0.1, 0.15) is 31.9 Å². The van der Waals surface area contributed by atoms with Gasteiger partial charge in [-0.3, -0.25) is 4.79 Å². The minimum Gasteiger partial charge on any atom is -0.481 e. The van der Waals surface area contributed by atoms with Gasteiger partial charge in [-0.1, -0.05) is 13.8 Å². The molecule has 0 saturated carbocycles. The van der Waals surface area contributed by atoms with Crippen LogP contribution in [0, 0.1) is 5.92 Å². The van der Waals surface area contributed by atoms with Gasteiger partial charge in [-0.15, -0.1) is 0 Å². The predicted octanol–water partition coefficient (Wildman–Crippen LogP) is 1.59. The van der Waals surface area contributed by atoms with E-state index in [2.05, 4.69) is 23.8 Å². The second-order valence-corrected chi connectivity index (χ2v) is 6.53. The number of aliphatic carboxylic acids is 1. The Kier molecular flexibility index (Phi) is 5.41. The lowest BCUT2D eigenvalue weighted by Gasteiger charge is -2.36. The third kappa shape index (κ3) is 4.10. The number of nitrogens with zero attached hydrogens (tertiary/aromatic N) is 4. The van der Waals surface area contributed by atoms with Crippen LogP contribution in [0.3, 0.4) is 0 Å². The molecule has 7 heteroatoms. The van der Waals surface area contributed by atoms with Gasteiger partial charge >= 0.3 is 5.97 Å². The van der Waals surface area contributed by atoms with E-state index in [0.717, 1.165) is 11.5 Å². The molecule has 128 valence electrons. The summed E-state index contributed by atoms with van der Waals surface area (Å²) in [4.78, 5) is 24.4. The first-order valence-electron chi connectivity index (χ1n) is 7.88. The van der Waals surface area contributed by atoms with E-state index in [1.807, 2.05) is 30.0 Å². The van der Waals surface area contributed by atoms with Crippen LogP contribution in [0.25, 0.3) is 0 Å². The van der Waals surface area contributed by atoms with Crippen LogP contribution in [0.4, 0.5) is 11.8 Å². The summed E-state index contributed by atoms with van der Waals surface area (Å²) in [7, 11) is 5.42. The van der Waals surface area contributed by atoms with Gasteiger partial charge in [0.15, 0.2) is 0 Å². The van der Waals surface area contributed by atoms with E-state index in [9.17, 15) is 9.90 Å². The minimum absolute atomic E-state index is 0.106. The zero-order valence-electron chi connectivity index (χ0n) is 14.5. The van der Waals surface area contributed by atoms with E-state index in [4.69, 9.17) is 4.74 Å². The zero-order valence-corrected chi connectivity index (χ0v) is 14.5. The van der Waals surface area contributed by atoms with Gasteiger partial charge in [-0.2, -0.15) is 4.98 Å². The Hall–Kier alpha value is -1.89. The van der Waals surface area contributed by atoms with Gasteiger partial charge < -0.3 is 19.6 Å². The van der Waals surface area contributed by atoms with Crippen LogP contribution < -0.4 is 9.80 Å². The standard InChI is InChI=1S/C16H26N4O3/c1-10(2)13-7-14(18-16(17-13)19(3)4)20-8-11(15(21)22)6-12(9-20)23-5/h7,10-12H,6,8-9H2,1-5H3,(H,21,22). The molecule has 0 spiro atoms. The first-order chi connectivity index (χ1) is 10.8. The van der Waals surface area contributed by atoms with Crippen molar-refractivity contribution in [2.45, 2.75) is 32.3 Å². The topological polar surface area (TPSA) is 78.8 Å². The summed E-state index contributed by atoms with van der Waals surface area (Å²) >= 11 is 0. The molecule has 7 nitrogen and oxygen atoms in total. The second-order valence-electron chi connectivity index (χ2n) is 6.53. The van der Waals surface area contributed by atoms with Crippen molar-refractivity contribution in [3.05, 3.63) is 11.8 Å². The lowest BCUT2D eigenvalue weighted by molar-refractivity contribution is -0.143. The summed E-state index contributed by atoms with van der Waals surface area (Å²) in [6, 6.07) is 1.95. The van der Waals surface area contributed by atoms with Crippen molar-refractivity contribution >= 4 is 17.7 Å². The zero-order chi connectivity index (χ0) is 17.1. The molecule has 1 saturated heterocycles. The van der Waals surface area contributed by atoms with Crippen LogP contribution in [0.5, 0.6) is 0 Å². The molecule has 2 rings (SSSR count). The number of piperidine rings is 1. The van der Waals surface area contributed by atoms with Crippen LogP contribution in [0.15, 0.2) is 6.07 Å². The summed E-state index contributed by atoms with van der Waals surface area (Å²) in [6.07, 6.45) is 0.426. The molecule has 1 aromatic heterocycles. The quantitative estimate of drug-likeness (QED) is 0.882. The summed E-state index contributed by atoms with van der Waals surface area (Å²) < 4.78 is 5.42. The minimum atomic E-state index is -0.789. The number of hydrogen-bond acceptors (Lipinski definition) is 6. The third-order valence-electron chi connectivity index (χ3n) is 4.13. The molecular weight excluding hydrogens is 296 g/mol. The number of rotatable bonds is 5. The van der Waals surface area contributed by atoms with E-state index >= 15 is 0 Å². The molecule has 0 aliphatic carbocycles. The SMILES string of the molecule is COC1CC(C(=O)O)CN(c2cc(C(C)C)nc(N(C)C)n2)C1. The van der Waals surface area contributed by atoms with Crippen molar-refractivity contribution in [2.75, 3.05) is 44.1 Å². The highest BCUT2D eigenvalue weighted by Crippen LogP contribution is 2.27. The van der Waals surface area contributed by atoms with Gasteiger partial charge in [-0.25, -0.2) is 4.98 Å². The Morgan fingerprint density at radius 1 is 1.39 bits per heavy atom. The fraction of sp³-hybridized carbons (Fsp3) is 0.688. The maximum Gasteiger partial charge on any atom is 0.308 e. The van der Waals surface area contributed by atoms with E-state index in [1.165, 1.54) is 0 Å². The number of carboxylic acid groups (broad SMARTS) is 1. The van der Waals surface area contributed by atoms with E-state index in [1.54, 1.807) is 7.11 Å². The van der Waals surface area contributed by atoms with Crippen molar-refractivity contribution in [3.63, 3.8) is 0 Å². The number of carbonyl (C=O) groups is 1. The Bertz CT molecular complexity index is 536. The monoisotopic (exact) mass is 322 g/mol.